The number of nitrogens with one attached hydrogen (secondary N) is 1. The number of hydrogen-bond donors (Lipinski definition) is 1. The Morgan fingerprint density at radius 2 is 1.68 bits per heavy atom. The second kappa shape index (κ2) is 7.68. The molecule has 1 aromatic rings. The summed E-state index contributed by atoms with van der Waals surface area (Å²) in [6.45, 7) is 2.04. The maximum Gasteiger partial charge on any atom is 0.203 e. The molecular weight excluding hydrogens is 266 g/mol. The quantitative estimate of drug-likeness (QED) is 0.613. The normalized spacial score (nSPS) is 9.68. The van der Waals surface area contributed by atoms with Gasteiger partial charge in [-0.1, -0.05) is 6.92 Å². The molecule has 0 saturated carbocycles. The van der Waals surface area contributed by atoms with E-state index in [0.717, 1.165) is 12.8 Å². The summed E-state index contributed by atoms with van der Waals surface area (Å²) >= 11 is 5.05. The van der Waals surface area contributed by atoms with E-state index in [2.05, 4.69) is 5.48 Å². The van der Waals surface area contributed by atoms with Crippen LogP contribution in [-0.2, 0) is 4.84 Å². The van der Waals surface area contributed by atoms with Gasteiger partial charge in [-0.05, 0) is 18.6 Å². The molecule has 106 valence electrons. The Morgan fingerprint density at radius 3 is 2.11 bits per heavy atom. The molecule has 19 heavy (non-hydrogen) atoms. The highest BCUT2D eigenvalue weighted by atomic mass is 32.1. The maximum atomic E-state index is 5.27. The van der Waals surface area contributed by atoms with E-state index in [1.807, 2.05) is 6.92 Å². The summed E-state index contributed by atoms with van der Waals surface area (Å²) in [6, 6.07) is 3.49. The molecule has 0 radical (unpaired) electrons. The average Bonchev–Trinajstić information content (AvgIpc) is 2.44. The minimum atomic E-state index is 0.510. The van der Waals surface area contributed by atoms with Gasteiger partial charge in [-0.3, -0.25) is 0 Å². The lowest BCUT2D eigenvalue weighted by Crippen LogP contribution is -2.08. The van der Waals surface area contributed by atoms with E-state index in [-0.39, 0.29) is 0 Å². The summed E-state index contributed by atoms with van der Waals surface area (Å²) in [5, 5.41) is 0.510. The number of hydrogen-bond acceptors (Lipinski definition) is 6. The van der Waals surface area contributed by atoms with E-state index >= 15 is 0 Å². The third kappa shape index (κ3) is 4.17. The first-order chi connectivity index (χ1) is 9.15. The molecule has 5 nitrogen and oxygen atoms in total. The molecular formula is C13H19NO4S. The number of ether oxygens (including phenoxy) is 3. The van der Waals surface area contributed by atoms with Crippen LogP contribution in [0.3, 0.4) is 0 Å². The Balaban J connectivity index is 2.87. The third-order valence-electron chi connectivity index (χ3n) is 2.40. The van der Waals surface area contributed by atoms with E-state index in [4.69, 9.17) is 31.3 Å². The number of benzene rings is 1. The van der Waals surface area contributed by atoms with Crippen molar-refractivity contribution in [1.82, 2.24) is 0 Å². The Hall–Kier alpha value is -1.69. The highest BCUT2D eigenvalue weighted by molar-refractivity contribution is 7.80. The molecule has 0 amide bonds. The molecule has 0 aliphatic carbocycles. The van der Waals surface area contributed by atoms with Crippen LogP contribution in [0.25, 0.3) is 0 Å². The van der Waals surface area contributed by atoms with Gasteiger partial charge in [-0.2, -0.15) is 0 Å². The minimum absolute atomic E-state index is 0.510. The molecule has 0 atom stereocenters. The zero-order valence-corrected chi connectivity index (χ0v) is 12.4. The van der Waals surface area contributed by atoms with Crippen molar-refractivity contribution in [2.45, 2.75) is 19.8 Å². The second-order valence-electron chi connectivity index (χ2n) is 3.74. The molecule has 0 unspecified atom stereocenters. The van der Waals surface area contributed by atoms with Crippen LogP contribution in [0, 0.1) is 0 Å². The summed E-state index contributed by atoms with van der Waals surface area (Å²) in [4.78, 5) is 5.27. The molecule has 0 heterocycles. The van der Waals surface area contributed by atoms with Crippen molar-refractivity contribution in [1.29, 1.82) is 0 Å². The summed E-state index contributed by atoms with van der Waals surface area (Å²) in [6.07, 6.45) is 1.67. The van der Waals surface area contributed by atoms with Crippen LogP contribution >= 0.6 is 12.2 Å². The predicted molar refractivity (Wildman–Crippen MR) is 78.3 cm³/mol. The molecule has 1 rings (SSSR count). The summed E-state index contributed by atoms with van der Waals surface area (Å²) in [5.41, 5.74) is 3.45. The lowest BCUT2D eigenvalue weighted by atomic mass is 10.2. The van der Waals surface area contributed by atoms with Crippen molar-refractivity contribution in [3.63, 3.8) is 0 Å². The Bertz CT molecular complexity index is 412. The zero-order valence-electron chi connectivity index (χ0n) is 11.6. The third-order valence-corrected chi connectivity index (χ3v) is 2.69. The van der Waals surface area contributed by atoms with Gasteiger partial charge >= 0.3 is 0 Å². The van der Waals surface area contributed by atoms with Crippen LogP contribution < -0.4 is 19.7 Å². The van der Waals surface area contributed by atoms with Gasteiger partial charge in [-0.15, -0.1) is 0 Å². The smallest absolute Gasteiger partial charge is 0.203 e. The molecule has 0 bridgehead atoms. The van der Waals surface area contributed by atoms with Crippen LogP contribution in [0.5, 0.6) is 17.2 Å². The molecule has 1 aromatic carbocycles. The van der Waals surface area contributed by atoms with Crippen LogP contribution in [-0.4, -0.2) is 26.4 Å². The number of rotatable bonds is 7. The van der Waals surface area contributed by atoms with Gasteiger partial charge in [0.15, 0.2) is 16.5 Å². The zero-order chi connectivity index (χ0) is 14.3. The molecule has 1 N–H and O–H groups in total. The first-order valence-corrected chi connectivity index (χ1v) is 6.32. The van der Waals surface area contributed by atoms with Crippen LogP contribution in [0.2, 0.25) is 0 Å². The maximum absolute atomic E-state index is 5.27. The molecule has 0 saturated heterocycles. The first-order valence-electron chi connectivity index (χ1n) is 5.91. The highest BCUT2D eigenvalue weighted by Crippen LogP contribution is 2.39. The number of anilines is 1. The van der Waals surface area contributed by atoms with Crippen molar-refractivity contribution in [2.75, 3.05) is 26.8 Å². The molecule has 6 heteroatoms. The largest absolute Gasteiger partial charge is 0.493 e. The van der Waals surface area contributed by atoms with Crippen molar-refractivity contribution in [3.8, 4) is 17.2 Å². The fourth-order valence-corrected chi connectivity index (χ4v) is 1.76. The minimum Gasteiger partial charge on any atom is -0.493 e. The fourth-order valence-electron chi connectivity index (χ4n) is 1.51. The van der Waals surface area contributed by atoms with Crippen molar-refractivity contribution < 1.29 is 19.0 Å². The summed E-state index contributed by atoms with van der Waals surface area (Å²) in [7, 11) is 4.67. The number of methoxy groups -OCH3 is 3. The van der Waals surface area contributed by atoms with Crippen LogP contribution in [0.15, 0.2) is 12.1 Å². The lowest BCUT2D eigenvalue weighted by molar-refractivity contribution is 0.323. The Kier molecular flexibility index (Phi) is 6.21. The van der Waals surface area contributed by atoms with Crippen molar-refractivity contribution >= 4 is 23.0 Å². The van der Waals surface area contributed by atoms with Crippen molar-refractivity contribution in [3.05, 3.63) is 12.1 Å². The van der Waals surface area contributed by atoms with Gasteiger partial charge in [0.05, 0.1) is 27.0 Å². The molecule has 0 aliphatic rings. The van der Waals surface area contributed by atoms with E-state index in [9.17, 15) is 0 Å². The Labute approximate surface area is 118 Å². The predicted octanol–water partition coefficient (Wildman–Crippen LogP) is 3.18. The summed E-state index contributed by atoms with van der Waals surface area (Å²) < 4.78 is 15.7. The number of thiocarbonyl (C=S) groups is 1. The monoisotopic (exact) mass is 285 g/mol. The Morgan fingerprint density at radius 1 is 1.11 bits per heavy atom. The van der Waals surface area contributed by atoms with E-state index in [1.165, 1.54) is 0 Å². The average molecular weight is 285 g/mol. The second-order valence-corrected chi connectivity index (χ2v) is 4.20. The van der Waals surface area contributed by atoms with Gasteiger partial charge in [-0.25, -0.2) is 5.48 Å². The van der Waals surface area contributed by atoms with Gasteiger partial charge in [0, 0.05) is 18.6 Å². The fraction of sp³-hybridized carbons (Fsp3) is 0.462. The SMILES string of the molecule is CCCC(=S)ONc1cc(OC)c(OC)c(OC)c1. The van der Waals surface area contributed by atoms with Crippen LogP contribution in [0.1, 0.15) is 19.8 Å². The van der Waals surface area contributed by atoms with Gasteiger partial charge in [0.25, 0.3) is 0 Å². The van der Waals surface area contributed by atoms with Gasteiger partial charge in [0.2, 0.25) is 5.75 Å². The first kappa shape index (κ1) is 15.4. The summed E-state index contributed by atoms with van der Waals surface area (Å²) in [5.74, 6) is 1.63. The van der Waals surface area contributed by atoms with E-state index in [1.54, 1.807) is 33.5 Å². The standard InChI is InChI=1S/C13H19NO4S/c1-5-6-12(19)18-14-9-7-10(15-2)13(17-4)11(8-9)16-3/h7-8,14H,5-6H2,1-4H3. The lowest BCUT2D eigenvalue weighted by Gasteiger charge is -2.15. The van der Waals surface area contributed by atoms with E-state index < -0.39 is 0 Å². The highest BCUT2D eigenvalue weighted by Gasteiger charge is 2.13. The molecule has 0 aliphatic heterocycles. The van der Waals surface area contributed by atoms with Gasteiger partial charge in [0.1, 0.15) is 0 Å². The molecule has 0 aromatic heterocycles. The van der Waals surface area contributed by atoms with Gasteiger partial charge < -0.3 is 19.0 Å². The molecule has 0 spiro atoms. The van der Waals surface area contributed by atoms with Crippen LogP contribution in [0.4, 0.5) is 5.69 Å². The van der Waals surface area contributed by atoms with Crippen molar-refractivity contribution in [2.24, 2.45) is 0 Å². The molecule has 0 fully saturated rings. The van der Waals surface area contributed by atoms with E-state index in [0.29, 0.717) is 28.0 Å². The topological polar surface area (TPSA) is 49.0 Å².